The molecule has 76 valence electrons. The molecule has 1 heterocycles. The van der Waals surface area contributed by atoms with E-state index in [-0.39, 0.29) is 12.1 Å². The Bertz CT molecular complexity index is 360. The number of carbonyl (C=O) groups is 1. The maximum atomic E-state index is 10.6. The molecule has 0 amide bonds. The van der Waals surface area contributed by atoms with Crippen molar-refractivity contribution in [1.29, 1.82) is 0 Å². The highest BCUT2D eigenvalue weighted by Gasteiger charge is 2.15. The van der Waals surface area contributed by atoms with Crippen molar-refractivity contribution < 1.29 is 14.8 Å². The van der Waals surface area contributed by atoms with Crippen molar-refractivity contribution in [2.45, 2.75) is 19.4 Å². The smallest absolute Gasteiger partial charge is 0.307 e. The van der Waals surface area contributed by atoms with E-state index in [2.05, 4.69) is 5.10 Å². The van der Waals surface area contributed by atoms with Gasteiger partial charge in [-0.25, -0.2) is 0 Å². The zero-order chi connectivity index (χ0) is 10.7. The second kappa shape index (κ2) is 3.86. The molecular formula is C7H8N3O4-. The molecule has 0 fully saturated rings. The lowest BCUT2D eigenvalue weighted by molar-refractivity contribution is -0.385. The van der Waals surface area contributed by atoms with E-state index in [0.717, 1.165) is 17.1 Å². The summed E-state index contributed by atoms with van der Waals surface area (Å²) in [5, 5.41) is 24.4. The van der Waals surface area contributed by atoms with E-state index >= 15 is 0 Å². The number of nitrogens with zero attached hydrogens (tertiary/aromatic N) is 3. The molecule has 7 nitrogen and oxygen atoms in total. The molecule has 0 aliphatic heterocycles. The van der Waals surface area contributed by atoms with Gasteiger partial charge in [-0.2, -0.15) is 5.10 Å². The van der Waals surface area contributed by atoms with Gasteiger partial charge >= 0.3 is 5.69 Å². The second-order valence-corrected chi connectivity index (χ2v) is 2.68. The third-order valence-electron chi connectivity index (χ3n) is 1.78. The Hall–Kier alpha value is -1.92. The predicted octanol–water partition coefficient (Wildman–Crippen LogP) is -0.508. The van der Waals surface area contributed by atoms with Crippen LogP contribution in [0.25, 0.3) is 0 Å². The van der Waals surface area contributed by atoms with E-state index < -0.39 is 16.9 Å². The van der Waals surface area contributed by atoms with Gasteiger partial charge in [-0.05, 0) is 6.42 Å². The molecule has 1 atom stereocenters. The standard InChI is InChI=1S/C7H9N3O4/c1-2-6(7(11)12)9-4-5(3-8-9)10(13)14/h3-4,6H,2H2,1H3,(H,11,12)/p-1/t6-/m0/s1. The Morgan fingerprint density at radius 1 is 1.79 bits per heavy atom. The fraction of sp³-hybridized carbons (Fsp3) is 0.429. The van der Waals surface area contributed by atoms with Crippen LogP contribution in [0.2, 0.25) is 0 Å². The molecular weight excluding hydrogens is 190 g/mol. The van der Waals surface area contributed by atoms with Crippen LogP contribution in [0.5, 0.6) is 0 Å². The molecule has 0 unspecified atom stereocenters. The maximum Gasteiger partial charge on any atom is 0.307 e. The van der Waals surface area contributed by atoms with Crippen LogP contribution in [0.4, 0.5) is 5.69 Å². The lowest BCUT2D eigenvalue weighted by Gasteiger charge is -2.15. The van der Waals surface area contributed by atoms with Gasteiger partial charge in [0.05, 0.1) is 16.9 Å². The van der Waals surface area contributed by atoms with Gasteiger partial charge in [-0.3, -0.25) is 14.8 Å². The number of aromatic nitrogens is 2. The minimum atomic E-state index is -1.30. The van der Waals surface area contributed by atoms with Gasteiger partial charge in [-0.1, -0.05) is 6.92 Å². The molecule has 1 aromatic heterocycles. The third kappa shape index (κ3) is 1.87. The van der Waals surface area contributed by atoms with E-state index in [1.807, 2.05) is 0 Å². The van der Waals surface area contributed by atoms with Crippen LogP contribution in [-0.2, 0) is 4.79 Å². The number of rotatable bonds is 4. The van der Waals surface area contributed by atoms with Crippen LogP contribution < -0.4 is 5.11 Å². The SMILES string of the molecule is CC[C@@H](C(=O)[O-])n1cc([N+](=O)[O-])cn1. The number of hydrogen-bond donors (Lipinski definition) is 0. The first-order chi connectivity index (χ1) is 6.56. The minimum Gasteiger partial charge on any atom is -0.548 e. The van der Waals surface area contributed by atoms with Gasteiger partial charge in [0.2, 0.25) is 0 Å². The first kappa shape index (κ1) is 10.2. The fourth-order valence-electron chi connectivity index (χ4n) is 1.05. The van der Waals surface area contributed by atoms with Crippen LogP contribution in [0.1, 0.15) is 19.4 Å². The maximum absolute atomic E-state index is 10.6. The molecule has 0 saturated heterocycles. The number of carbonyl (C=O) groups excluding carboxylic acids is 1. The number of hydrogen-bond acceptors (Lipinski definition) is 5. The quantitative estimate of drug-likeness (QED) is 0.479. The summed E-state index contributed by atoms with van der Waals surface area (Å²) in [6.07, 6.45) is 2.34. The van der Waals surface area contributed by atoms with Crippen molar-refractivity contribution in [3.63, 3.8) is 0 Å². The van der Waals surface area contributed by atoms with Crippen LogP contribution in [-0.4, -0.2) is 20.7 Å². The summed E-state index contributed by atoms with van der Waals surface area (Å²) in [4.78, 5) is 20.2. The average Bonchev–Trinajstić information content (AvgIpc) is 2.53. The molecule has 0 N–H and O–H groups in total. The lowest BCUT2D eigenvalue weighted by Crippen LogP contribution is -2.33. The second-order valence-electron chi connectivity index (χ2n) is 2.68. The zero-order valence-electron chi connectivity index (χ0n) is 7.41. The Morgan fingerprint density at radius 2 is 2.43 bits per heavy atom. The molecule has 14 heavy (non-hydrogen) atoms. The summed E-state index contributed by atoms with van der Waals surface area (Å²) < 4.78 is 1.02. The van der Waals surface area contributed by atoms with Gasteiger partial charge in [-0.15, -0.1) is 0 Å². The molecule has 1 aromatic rings. The van der Waals surface area contributed by atoms with Gasteiger partial charge in [0.25, 0.3) is 0 Å². The molecule has 7 heteroatoms. The topological polar surface area (TPSA) is 101 Å². The van der Waals surface area contributed by atoms with Crippen molar-refractivity contribution >= 4 is 11.7 Å². The first-order valence-electron chi connectivity index (χ1n) is 3.95. The normalized spacial score (nSPS) is 12.4. The highest BCUT2D eigenvalue weighted by molar-refractivity contribution is 5.69. The summed E-state index contributed by atoms with van der Waals surface area (Å²) in [7, 11) is 0. The van der Waals surface area contributed by atoms with Crippen molar-refractivity contribution in [3.05, 3.63) is 22.5 Å². The van der Waals surface area contributed by atoms with E-state index in [1.54, 1.807) is 6.92 Å². The van der Waals surface area contributed by atoms with E-state index in [4.69, 9.17) is 0 Å². The molecule has 0 radical (unpaired) electrons. The monoisotopic (exact) mass is 198 g/mol. The zero-order valence-corrected chi connectivity index (χ0v) is 7.41. The molecule has 0 spiro atoms. The third-order valence-corrected chi connectivity index (χ3v) is 1.78. The van der Waals surface area contributed by atoms with Crippen LogP contribution in [0.15, 0.2) is 12.4 Å². The van der Waals surface area contributed by atoms with Crippen LogP contribution in [0.3, 0.4) is 0 Å². The molecule has 0 aliphatic carbocycles. The van der Waals surface area contributed by atoms with Crippen molar-refractivity contribution in [2.24, 2.45) is 0 Å². The lowest BCUT2D eigenvalue weighted by atomic mass is 10.2. The molecule has 0 saturated carbocycles. The summed E-state index contributed by atoms with van der Waals surface area (Å²) in [6.45, 7) is 1.63. The van der Waals surface area contributed by atoms with Crippen molar-refractivity contribution in [1.82, 2.24) is 9.78 Å². The van der Waals surface area contributed by atoms with Crippen molar-refractivity contribution in [3.8, 4) is 0 Å². The van der Waals surface area contributed by atoms with E-state index in [0.29, 0.717) is 0 Å². The Morgan fingerprint density at radius 3 is 2.79 bits per heavy atom. The largest absolute Gasteiger partial charge is 0.548 e. The Labute approximate surface area is 79.1 Å². The van der Waals surface area contributed by atoms with E-state index in [9.17, 15) is 20.0 Å². The molecule has 0 bridgehead atoms. The predicted molar refractivity (Wildman–Crippen MR) is 43.2 cm³/mol. The summed E-state index contributed by atoms with van der Waals surface area (Å²) >= 11 is 0. The highest BCUT2D eigenvalue weighted by Crippen LogP contribution is 2.14. The van der Waals surface area contributed by atoms with Gasteiger partial charge in [0.15, 0.2) is 0 Å². The van der Waals surface area contributed by atoms with Crippen molar-refractivity contribution in [2.75, 3.05) is 0 Å². The van der Waals surface area contributed by atoms with Gasteiger partial charge in [0.1, 0.15) is 12.4 Å². The van der Waals surface area contributed by atoms with E-state index in [1.165, 1.54) is 0 Å². The first-order valence-corrected chi connectivity index (χ1v) is 3.95. The summed E-state index contributed by atoms with van der Waals surface area (Å²) in [5.41, 5.74) is -0.232. The number of carboxylic acids is 1. The summed E-state index contributed by atoms with van der Waals surface area (Å²) in [5.74, 6) is -1.30. The van der Waals surface area contributed by atoms with Crippen LogP contribution in [0, 0.1) is 10.1 Å². The minimum absolute atomic E-state index is 0.232. The van der Waals surface area contributed by atoms with Gasteiger partial charge < -0.3 is 9.90 Å². The molecule has 0 aromatic carbocycles. The molecule has 1 rings (SSSR count). The summed E-state index contributed by atoms with van der Waals surface area (Å²) in [6, 6.07) is -0.955. The fourth-order valence-corrected chi connectivity index (χ4v) is 1.05. The highest BCUT2D eigenvalue weighted by atomic mass is 16.6. The number of carboxylic acid groups (broad SMARTS) is 1. The Balaban J connectivity index is 2.95. The number of nitro groups is 1. The Kier molecular flexibility index (Phi) is 2.80. The average molecular weight is 198 g/mol. The molecule has 0 aliphatic rings. The number of aliphatic carboxylic acids is 1. The van der Waals surface area contributed by atoms with Gasteiger partial charge in [0, 0.05) is 0 Å². The van der Waals surface area contributed by atoms with Crippen LogP contribution >= 0.6 is 0 Å².